The maximum atomic E-state index is 13.2. The smallest absolute Gasteiger partial charge is 0.411 e. The number of hydrazine groups is 2. The van der Waals surface area contributed by atoms with Gasteiger partial charge in [-0.1, -0.05) is 23.7 Å². The Morgan fingerprint density at radius 2 is 2.05 bits per heavy atom. The van der Waals surface area contributed by atoms with Gasteiger partial charge < -0.3 is 25.9 Å². The number of aryl methyl sites for hydroxylation is 1. The van der Waals surface area contributed by atoms with Crippen molar-refractivity contribution in [2.75, 3.05) is 31.0 Å². The van der Waals surface area contributed by atoms with Gasteiger partial charge in [0.2, 0.25) is 5.91 Å². The molecule has 1 aliphatic heterocycles. The van der Waals surface area contributed by atoms with Crippen LogP contribution in [0.15, 0.2) is 65.4 Å². The summed E-state index contributed by atoms with van der Waals surface area (Å²) in [4.78, 5) is 32.9. The van der Waals surface area contributed by atoms with Gasteiger partial charge in [-0.05, 0) is 55.3 Å². The topological polar surface area (TPSA) is 179 Å². The number of hydrazone groups is 1. The lowest BCUT2D eigenvalue weighted by molar-refractivity contribution is -0.117. The standard InChI is InChI=1S/C28H33ClN10O3/c1-17-26(19-4-8-22(9-5-19)35-28(41)42-3)37-27(34-17)23(12-18-14-33-38(2)15-18)36-25(40)11-6-20-13-21(29)7-10-24(20)39(31)16-32-30/h4-11,13,15-16,23,33H,12,14,30-31H2,1-3H3,(H,34,37)(H,35,41)(H,36,40)/b11-6+,32-16-. The summed E-state index contributed by atoms with van der Waals surface area (Å²) < 4.78 is 4.64. The number of nitrogens with zero attached hydrogens (tertiary/aromatic N) is 4. The Kier molecular flexibility index (Phi) is 9.81. The number of H-pyrrole nitrogens is 1. The number of anilines is 2. The van der Waals surface area contributed by atoms with E-state index < -0.39 is 12.1 Å². The first kappa shape index (κ1) is 30.1. The van der Waals surface area contributed by atoms with E-state index in [0.717, 1.165) is 22.5 Å². The molecular weight excluding hydrogens is 560 g/mol. The van der Waals surface area contributed by atoms with Gasteiger partial charge in [0.1, 0.15) is 12.2 Å². The normalized spacial score (nSPS) is 13.8. The molecular formula is C28H33ClN10O3. The predicted octanol–water partition coefficient (Wildman–Crippen LogP) is 3.39. The summed E-state index contributed by atoms with van der Waals surface area (Å²) in [6.45, 7) is 2.57. The molecule has 220 valence electrons. The third-order valence-electron chi connectivity index (χ3n) is 6.41. The van der Waals surface area contributed by atoms with Crippen molar-refractivity contribution in [3.05, 3.63) is 82.4 Å². The number of aromatic amines is 1. The number of amides is 2. The van der Waals surface area contributed by atoms with Gasteiger partial charge in [-0.15, -0.1) is 0 Å². The van der Waals surface area contributed by atoms with Crippen LogP contribution in [-0.2, 0) is 9.53 Å². The van der Waals surface area contributed by atoms with E-state index in [4.69, 9.17) is 28.3 Å². The molecule has 0 saturated heterocycles. The second kappa shape index (κ2) is 13.7. The van der Waals surface area contributed by atoms with Crippen LogP contribution in [0.5, 0.6) is 0 Å². The van der Waals surface area contributed by atoms with Crippen LogP contribution >= 0.6 is 11.6 Å². The third kappa shape index (κ3) is 7.66. The number of aromatic nitrogens is 2. The molecule has 1 aliphatic rings. The number of rotatable bonds is 10. The van der Waals surface area contributed by atoms with E-state index in [-0.39, 0.29) is 5.91 Å². The molecule has 0 bridgehead atoms. The first-order valence-corrected chi connectivity index (χ1v) is 13.3. The Morgan fingerprint density at radius 1 is 1.29 bits per heavy atom. The van der Waals surface area contributed by atoms with Crippen molar-refractivity contribution >= 4 is 47.4 Å². The van der Waals surface area contributed by atoms with E-state index in [1.165, 1.54) is 24.5 Å². The van der Waals surface area contributed by atoms with Gasteiger partial charge in [-0.2, -0.15) is 5.10 Å². The lowest BCUT2D eigenvalue weighted by Crippen LogP contribution is -2.30. The number of nitrogens with two attached hydrogens (primary N) is 2. The number of halogens is 1. The van der Waals surface area contributed by atoms with Gasteiger partial charge in [-0.25, -0.2) is 21.0 Å². The summed E-state index contributed by atoms with van der Waals surface area (Å²) in [6, 6.07) is 11.8. The maximum Gasteiger partial charge on any atom is 0.411 e. The second-order valence-electron chi connectivity index (χ2n) is 9.50. The highest BCUT2D eigenvalue weighted by Gasteiger charge is 2.23. The monoisotopic (exact) mass is 592 g/mol. The number of nitrogens with one attached hydrogen (secondary N) is 4. The molecule has 0 fully saturated rings. The molecule has 8 N–H and O–H groups in total. The summed E-state index contributed by atoms with van der Waals surface area (Å²) in [5.41, 5.74) is 8.47. The zero-order chi connectivity index (χ0) is 30.2. The molecule has 2 aromatic carbocycles. The molecule has 1 unspecified atom stereocenters. The number of benzene rings is 2. The van der Waals surface area contributed by atoms with Gasteiger partial charge >= 0.3 is 6.09 Å². The van der Waals surface area contributed by atoms with Gasteiger partial charge in [0.05, 0.1) is 24.5 Å². The van der Waals surface area contributed by atoms with Crippen molar-refractivity contribution in [1.29, 1.82) is 0 Å². The van der Waals surface area contributed by atoms with E-state index in [9.17, 15) is 9.59 Å². The Morgan fingerprint density at radius 3 is 2.71 bits per heavy atom. The number of carbonyl (C=O) groups is 2. The molecule has 42 heavy (non-hydrogen) atoms. The summed E-state index contributed by atoms with van der Waals surface area (Å²) in [6.07, 6.45) is 6.24. The largest absolute Gasteiger partial charge is 0.453 e. The van der Waals surface area contributed by atoms with E-state index in [1.807, 2.05) is 37.3 Å². The van der Waals surface area contributed by atoms with Crippen molar-refractivity contribution in [1.82, 2.24) is 25.7 Å². The predicted molar refractivity (Wildman–Crippen MR) is 164 cm³/mol. The molecule has 14 heteroatoms. The summed E-state index contributed by atoms with van der Waals surface area (Å²) in [5, 5.41) is 12.7. The van der Waals surface area contributed by atoms with Crippen LogP contribution in [0.3, 0.4) is 0 Å². The number of ether oxygens (including phenoxy) is 1. The number of hydrogen-bond donors (Lipinski definition) is 6. The summed E-state index contributed by atoms with van der Waals surface area (Å²) in [5.74, 6) is 11.5. The van der Waals surface area contributed by atoms with Gasteiger partial charge in [-0.3, -0.25) is 15.1 Å². The molecule has 0 radical (unpaired) electrons. The highest BCUT2D eigenvalue weighted by Crippen LogP contribution is 2.28. The van der Waals surface area contributed by atoms with E-state index in [1.54, 1.807) is 36.4 Å². The Hall–Kier alpha value is -4.85. The summed E-state index contributed by atoms with van der Waals surface area (Å²) >= 11 is 6.19. The highest BCUT2D eigenvalue weighted by atomic mass is 35.5. The number of carbonyl (C=O) groups excluding carboxylic acids is 2. The van der Waals surface area contributed by atoms with Crippen molar-refractivity contribution in [2.45, 2.75) is 19.4 Å². The lowest BCUT2D eigenvalue weighted by Gasteiger charge is -2.17. The van der Waals surface area contributed by atoms with Gasteiger partial charge in [0, 0.05) is 53.4 Å². The molecule has 0 saturated carbocycles. The molecule has 2 heterocycles. The Bertz CT molecular complexity index is 1520. The molecule has 4 rings (SSSR count). The number of hydrogen-bond acceptors (Lipinski definition) is 9. The second-order valence-corrected chi connectivity index (χ2v) is 9.93. The minimum absolute atomic E-state index is 0.337. The molecule has 1 aromatic heterocycles. The van der Waals surface area contributed by atoms with Crippen molar-refractivity contribution in [3.63, 3.8) is 0 Å². The van der Waals surface area contributed by atoms with Crippen LogP contribution in [0.25, 0.3) is 17.3 Å². The van der Waals surface area contributed by atoms with Crippen LogP contribution in [-0.4, -0.2) is 54.0 Å². The van der Waals surface area contributed by atoms with Crippen LogP contribution in [0.2, 0.25) is 5.02 Å². The Balaban J connectivity index is 1.58. The van der Waals surface area contributed by atoms with E-state index >= 15 is 0 Å². The highest BCUT2D eigenvalue weighted by molar-refractivity contribution is 6.30. The zero-order valence-corrected chi connectivity index (χ0v) is 24.1. The fraction of sp³-hybridized carbons (Fsp3) is 0.214. The SMILES string of the molecule is COC(=O)Nc1ccc(-c2nc(C(CC3=CN(C)NC3)NC(=O)/C=C/c3cc(Cl)ccc3N(N)/C=N\N)[nH]c2C)cc1. The quantitative estimate of drug-likeness (QED) is 0.0676. The minimum atomic E-state index is -0.550. The molecule has 0 spiro atoms. The summed E-state index contributed by atoms with van der Waals surface area (Å²) in [7, 11) is 3.22. The number of imidazole rings is 1. The Labute approximate surface area is 248 Å². The van der Waals surface area contributed by atoms with Crippen molar-refractivity contribution in [2.24, 2.45) is 16.8 Å². The van der Waals surface area contributed by atoms with Crippen LogP contribution in [0.1, 0.15) is 29.5 Å². The average molecular weight is 593 g/mol. The van der Waals surface area contributed by atoms with Crippen molar-refractivity contribution in [3.8, 4) is 11.3 Å². The average Bonchev–Trinajstić information content (AvgIpc) is 3.56. The minimum Gasteiger partial charge on any atom is -0.453 e. The van der Waals surface area contributed by atoms with Crippen molar-refractivity contribution < 1.29 is 14.3 Å². The van der Waals surface area contributed by atoms with Crippen LogP contribution in [0, 0.1) is 6.92 Å². The third-order valence-corrected chi connectivity index (χ3v) is 6.65. The van der Waals surface area contributed by atoms with Gasteiger partial charge in [0.15, 0.2) is 0 Å². The molecule has 13 nitrogen and oxygen atoms in total. The zero-order valence-electron chi connectivity index (χ0n) is 23.4. The fourth-order valence-electron chi connectivity index (χ4n) is 4.42. The fourth-order valence-corrected chi connectivity index (χ4v) is 4.60. The lowest BCUT2D eigenvalue weighted by atomic mass is 10.1. The molecule has 2 amide bonds. The molecule has 3 aromatic rings. The van der Waals surface area contributed by atoms with Gasteiger partial charge in [0.25, 0.3) is 0 Å². The van der Waals surface area contributed by atoms with Crippen LogP contribution < -0.4 is 32.8 Å². The van der Waals surface area contributed by atoms with E-state index in [0.29, 0.717) is 40.8 Å². The number of methoxy groups -OCH3 is 1. The molecule has 1 atom stereocenters. The molecule has 0 aliphatic carbocycles. The first-order chi connectivity index (χ1) is 20.2. The van der Waals surface area contributed by atoms with Crippen LogP contribution in [0.4, 0.5) is 16.2 Å². The van der Waals surface area contributed by atoms with E-state index in [2.05, 4.69) is 30.9 Å². The maximum absolute atomic E-state index is 13.2. The first-order valence-electron chi connectivity index (χ1n) is 12.9.